The second-order valence-electron chi connectivity index (χ2n) is 5.98. The van der Waals surface area contributed by atoms with Gasteiger partial charge in [-0.05, 0) is 63.1 Å². The van der Waals surface area contributed by atoms with Gasteiger partial charge in [0.2, 0.25) is 0 Å². The fourth-order valence-corrected chi connectivity index (χ4v) is 3.10. The Bertz CT molecular complexity index is 528. The van der Waals surface area contributed by atoms with Crippen LogP contribution in [0.1, 0.15) is 57.1 Å². The smallest absolute Gasteiger partial charge is 0.119 e. The van der Waals surface area contributed by atoms with Crippen LogP contribution >= 0.6 is 0 Å². The van der Waals surface area contributed by atoms with E-state index in [4.69, 9.17) is 9.47 Å². The van der Waals surface area contributed by atoms with Crippen LogP contribution in [0.4, 0.5) is 0 Å². The minimum atomic E-state index is 0.0961. The third-order valence-corrected chi connectivity index (χ3v) is 4.51. The van der Waals surface area contributed by atoms with Crippen molar-refractivity contribution in [2.24, 2.45) is 0 Å². The Hall–Kier alpha value is -1.54. The molecule has 2 heteroatoms. The largest absolute Gasteiger partial charge is 0.497 e. The first-order chi connectivity index (χ1) is 10.7. The van der Waals surface area contributed by atoms with Crippen LogP contribution in [-0.2, 0) is 4.74 Å². The Labute approximate surface area is 134 Å². The molecule has 1 unspecified atom stereocenters. The van der Waals surface area contributed by atoms with Crippen molar-refractivity contribution in [3.8, 4) is 5.75 Å². The molecule has 1 aromatic carbocycles. The first-order valence-electron chi connectivity index (χ1n) is 8.24. The van der Waals surface area contributed by atoms with E-state index >= 15 is 0 Å². The molecule has 22 heavy (non-hydrogen) atoms. The van der Waals surface area contributed by atoms with E-state index in [2.05, 4.69) is 31.2 Å². The second-order valence-corrected chi connectivity index (χ2v) is 5.98. The van der Waals surface area contributed by atoms with Crippen LogP contribution in [0.5, 0.6) is 5.75 Å². The number of rotatable bonds is 8. The Kier molecular flexibility index (Phi) is 6.73. The summed E-state index contributed by atoms with van der Waals surface area (Å²) < 4.78 is 10.9. The highest BCUT2D eigenvalue weighted by atomic mass is 16.5. The zero-order chi connectivity index (χ0) is 15.8. The predicted octanol–water partition coefficient (Wildman–Crippen LogP) is 5.61. The zero-order valence-corrected chi connectivity index (χ0v) is 14.1. The summed E-state index contributed by atoms with van der Waals surface area (Å²) in [5.74, 6) is 0.882. The first kappa shape index (κ1) is 16.8. The molecule has 0 aliphatic heterocycles. The molecule has 0 amide bonds. The third kappa shape index (κ3) is 4.74. The summed E-state index contributed by atoms with van der Waals surface area (Å²) in [7, 11) is 3.46. The van der Waals surface area contributed by atoms with E-state index in [1.54, 1.807) is 25.4 Å². The van der Waals surface area contributed by atoms with Gasteiger partial charge in [0.05, 0.1) is 13.2 Å². The SMILES string of the molecule is COc1cccc(C(CC=CCCC2=C(C)CCC2)OC)c1. The highest BCUT2D eigenvalue weighted by Crippen LogP contribution is 2.29. The third-order valence-electron chi connectivity index (χ3n) is 4.51. The number of hydrogen-bond acceptors (Lipinski definition) is 2. The zero-order valence-electron chi connectivity index (χ0n) is 14.1. The maximum atomic E-state index is 5.62. The van der Waals surface area contributed by atoms with Crippen molar-refractivity contribution in [2.45, 2.75) is 51.6 Å². The van der Waals surface area contributed by atoms with E-state index in [0.29, 0.717) is 0 Å². The van der Waals surface area contributed by atoms with Crippen LogP contribution in [0.25, 0.3) is 0 Å². The number of benzene rings is 1. The molecule has 0 saturated carbocycles. The predicted molar refractivity (Wildman–Crippen MR) is 92.3 cm³/mol. The van der Waals surface area contributed by atoms with Crippen LogP contribution in [-0.4, -0.2) is 14.2 Å². The summed E-state index contributed by atoms with van der Waals surface area (Å²) in [6.45, 7) is 2.29. The summed E-state index contributed by atoms with van der Waals surface area (Å²) in [5, 5.41) is 0. The topological polar surface area (TPSA) is 18.5 Å². The minimum Gasteiger partial charge on any atom is -0.497 e. The van der Waals surface area contributed by atoms with Gasteiger partial charge in [-0.25, -0.2) is 0 Å². The molecule has 0 heterocycles. The highest BCUT2D eigenvalue weighted by Gasteiger charge is 2.10. The van der Waals surface area contributed by atoms with E-state index in [1.165, 1.54) is 31.2 Å². The molecule has 2 nitrogen and oxygen atoms in total. The van der Waals surface area contributed by atoms with Crippen LogP contribution < -0.4 is 4.74 Å². The van der Waals surface area contributed by atoms with Crippen LogP contribution in [0.2, 0.25) is 0 Å². The van der Waals surface area contributed by atoms with Crippen molar-refractivity contribution < 1.29 is 9.47 Å². The van der Waals surface area contributed by atoms with Crippen LogP contribution in [0, 0.1) is 0 Å². The van der Waals surface area contributed by atoms with Gasteiger partial charge in [-0.2, -0.15) is 0 Å². The van der Waals surface area contributed by atoms with Gasteiger partial charge < -0.3 is 9.47 Å². The molecule has 0 fully saturated rings. The quantitative estimate of drug-likeness (QED) is 0.581. The Balaban J connectivity index is 1.82. The first-order valence-corrected chi connectivity index (χ1v) is 8.24. The fraction of sp³-hybridized carbons (Fsp3) is 0.500. The number of ether oxygens (including phenoxy) is 2. The molecule has 0 saturated heterocycles. The molecular formula is C20H28O2. The number of allylic oxidation sites excluding steroid dienone is 3. The molecule has 0 radical (unpaired) electrons. The van der Waals surface area contributed by atoms with Crippen molar-refractivity contribution in [1.29, 1.82) is 0 Å². The lowest BCUT2D eigenvalue weighted by molar-refractivity contribution is 0.106. The molecule has 0 spiro atoms. The molecule has 1 aliphatic carbocycles. The van der Waals surface area contributed by atoms with Crippen molar-refractivity contribution in [2.75, 3.05) is 14.2 Å². The second kappa shape index (κ2) is 8.79. The molecular weight excluding hydrogens is 272 g/mol. The molecule has 0 aromatic heterocycles. The maximum Gasteiger partial charge on any atom is 0.119 e. The maximum absolute atomic E-state index is 5.62. The van der Waals surface area contributed by atoms with Gasteiger partial charge in [-0.15, -0.1) is 0 Å². The summed E-state index contributed by atoms with van der Waals surface area (Å²) >= 11 is 0. The molecule has 1 aliphatic rings. The van der Waals surface area contributed by atoms with Crippen molar-refractivity contribution >= 4 is 0 Å². The van der Waals surface area contributed by atoms with Crippen molar-refractivity contribution in [3.05, 3.63) is 53.1 Å². The molecule has 0 bridgehead atoms. The van der Waals surface area contributed by atoms with E-state index in [-0.39, 0.29) is 6.10 Å². The van der Waals surface area contributed by atoms with Gasteiger partial charge >= 0.3 is 0 Å². The van der Waals surface area contributed by atoms with E-state index in [0.717, 1.165) is 18.6 Å². The summed E-state index contributed by atoms with van der Waals surface area (Å²) in [4.78, 5) is 0. The number of hydrogen-bond donors (Lipinski definition) is 0. The van der Waals surface area contributed by atoms with E-state index in [1.807, 2.05) is 12.1 Å². The Morgan fingerprint density at radius 1 is 1.18 bits per heavy atom. The molecule has 0 N–H and O–H groups in total. The van der Waals surface area contributed by atoms with Gasteiger partial charge in [-0.3, -0.25) is 0 Å². The van der Waals surface area contributed by atoms with Gasteiger partial charge in [-0.1, -0.05) is 35.4 Å². The van der Waals surface area contributed by atoms with E-state index in [9.17, 15) is 0 Å². The van der Waals surface area contributed by atoms with Gasteiger partial charge in [0.25, 0.3) is 0 Å². The standard InChI is InChI=1S/C20H28O2/c1-16-9-7-11-17(16)10-5-4-6-14-20(22-3)18-12-8-13-19(15-18)21-2/h4,6,8,12-13,15,20H,5,7,9-11,14H2,1-3H3. The lowest BCUT2D eigenvalue weighted by Crippen LogP contribution is -2.00. The van der Waals surface area contributed by atoms with Gasteiger partial charge in [0, 0.05) is 7.11 Å². The van der Waals surface area contributed by atoms with Crippen molar-refractivity contribution in [1.82, 2.24) is 0 Å². The van der Waals surface area contributed by atoms with E-state index < -0.39 is 0 Å². The molecule has 120 valence electrons. The van der Waals surface area contributed by atoms with Gasteiger partial charge in [0.15, 0.2) is 0 Å². The normalized spacial score (nSPS) is 16.5. The van der Waals surface area contributed by atoms with Crippen LogP contribution in [0.3, 0.4) is 0 Å². The summed E-state index contributed by atoms with van der Waals surface area (Å²) in [5.41, 5.74) is 4.47. The Morgan fingerprint density at radius 3 is 2.73 bits per heavy atom. The Morgan fingerprint density at radius 2 is 2.05 bits per heavy atom. The lowest BCUT2D eigenvalue weighted by atomic mass is 10.0. The summed E-state index contributed by atoms with van der Waals surface area (Å²) in [6.07, 6.45) is 11.9. The minimum absolute atomic E-state index is 0.0961. The van der Waals surface area contributed by atoms with Crippen LogP contribution in [0.15, 0.2) is 47.6 Å². The molecule has 2 rings (SSSR count). The summed E-state index contributed by atoms with van der Waals surface area (Å²) in [6, 6.07) is 8.12. The average molecular weight is 300 g/mol. The fourth-order valence-electron chi connectivity index (χ4n) is 3.10. The molecule has 1 aromatic rings. The lowest BCUT2D eigenvalue weighted by Gasteiger charge is -2.14. The van der Waals surface area contributed by atoms with Crippen molar-refractivity contribution in [3.63, 3.8) is 0 Å². The molecule has 1 atom stereocenters. The number of methoxy groups -OCH3 is 2. The average Bonchev–Trinajstić information content (AvgIpc) is 2.96. The highest BCUT2D eigenvalue weighted by molar-refractivity contribution is 5.30. The monoisotopic (exact) mass is 300 g/mol. The van der Waals surface area contributed by atoms with Gasteiger partial charge in [0.1, 0.15) is 5.75 Å².